The molecule has 0 saturated heterocycles. The Morgan fingerprint density at radius 2 is 1.06 bits per heavy atom. The van der Waals surface area contributed by atoms with E-state index in [2.05, 4.69) is 31.3 Å². The highest BCUT2D eigenvalue weighted by Crippen LogP contribution is 2.38. The van der Waals surface area contributed by atoms with Gasteiger partial charge in [-0.1, -0.05) is 186 Å². The maximum atomic E-state index is 12.8. The fourth-order valence-corrected chi connectivity index (χ4v) is 7.07. The van der Waals surface area contributed by atoms with Crippen LogP contribution in [-0.4, -0.2) is 68.5 Å². The molecule has 0 aliphatic rings. The number of aliphatic hydroxyl groups is 1. The van der Waals surface area contributed by atoms with Crippen molar-refractivity contribution in [1.82, 2.24) is 5.32 Å². The molecule has 0 aromatic rings. The van der Waals surface area contributed by atoms with E-state index in [4.69, 9.17) is 9.05 Å². The zero-order chi connectivity index (χ0) is 39.3. The standard InChI is InChI=1S/C44H87N2O6P/c1-6-8-10-12-14-16-18-19-20-21-22-23-24-25-26-27-28-30-32-34-36-38-44(48)45-42(41-52-53(49,50)51-40-39-46(3,4)5)43(47)37-35-33-31-29-17-15-13-11-9-7-2/h17,29,35,37,42-43,47H,6-16,18-28,30-34,36,38-41H2,1-5H3,(H-,45,48,49,50)/b29-17+,37-35+. The molecule has 2 N–H and O–H groups in total. The Hall–Kier alpha value is -1.02. The molecule has 8 nitrogen and oxygen atoms in total. The summed E-state index contributed by atoms with van der Waals surface area (Å²) in [6.07, 6.45) is 42.4. The van der Waals surface area contributed by atoms with Crippen LogP contribution in [-0.2, 0) is 18.4 Å². The number of rotatable bonds is 40. The number of amides is 1. The van der Waals surface area contributed by atoms with Gasteiger partial charge in [0, 0.05) is 6.42 Å². The maximum absolute atomic E-state index is 12.8. The van der Waals surface area contributed by atoms with Crippen LogP contribution in [0, 0.1) is 0 Å². The lowest BCUT2D eigenvalue weighted by molar-refractivity contribution is -0.870. The molecule has 0 fully saturated rings. The summed E-state index contributed by atoms with van der Waals surface area (Å²) in [5, 5.41) is 13.7. The summed E-state index contributed by atoms with van der Waals surface area (Å²) in [4.78, 5) is 25.2. The van der Waals surface area contributed by atoms with Crippen LogP contribution in [0.15, 0.2) is 24.3 Å². The Kier molecular flexibility index (Phi) is 35.9. The van der Waals surface area contributed by atoms with Gasteiger partial charge in [-0.2, -0.15) is 0 Å². The average Bonchev–Trinajstić information content (AvgIpc) is 3.10. The molecule has 0 heterocycles. The molecule has 0 radical (unpaired) electrons. The number of carbonyl (C=O) groups excluding carboxylic acids is 1. The molecule has 3 unspecified atom stereocenters. The molecule has 0 aliphatic carbocycles. The third-order valence-electron chi connectivity index (χ3n) is 9.91. The number of phosphoric acid groups is 1. The molecule has 3 atom stereocenters. The number of unbranched alkanes of at least 4 members (excludes halogenated alkanes) is 25. The minimum Gasteiger partial charge on any atom is -0.756 e. The van der Waals surface area contributed by atoms with E-state index < -0.39 is 20.0 Å². The van der Waals surface area contributed by atoms with Gasteiger partial charge in [0.05, 0.1) is 39.9 Å². The second kappa shape index (κ2) is 36.6. The summed E-state index contributed by atoms with van der Waals surface area (Å²) >= 11 is 0. The van der Waals surface area contributed by atoms with Crippen molar-refractivity contribution in [2.45, 2.75) is 212 Å². The van der Waals surface area contributed by atoms with Crippen molar-refractivity contribution in [3.05, 3.63) is 24.3 Å². The van der Waals surface area contributed by atoms with Gasteiger partial charge in [0.25, 0.3) is 7.82 Å². The summed E-state index contributed by atoms with van der Waals surface area (Å²) in [6, 6.07) is -0.896. The van der Waals surface area contributed by atoms with Crippen molar-refractivity contribution in [2.75, 3.05) is 40.9 Å². The smallest absolute Gasteiger partial charge is 0.268 e. The van der Waals surface area contributed by atoms with Crippen molar-refractivity contribution in [2.24, 2.45) is 0 Å². The number of likely N-dealkylation sites (N-methyl/N-ethyl adjacent to an activating group) is 1. The van der Waals surface area contributed by atoms with E-state index in [1.54, 1.807) is 6.08 Å². The zero-order valence-electron chi connectivity index (χ0n) is 35.5. The summed E-state index contributed by atoms with van der Waals surface area (Å²) in [6.45, 7) is 4.59. The molecule has 0 aromatic heterocycles. The molecule has 0 aromatic carbocycles. The first-order chi connectivity index (χ1) is 25.5. The molecular formula is C44H87N2O6P. The SMILES string of the molecule is CCCCCC/C=C/CC/C=C/C(O)C(COP(=O)([O-])OCC[N+](C)(C)C)NC(=O)CCCCCCCCCCCCCCCCCCCCCCC. The first-order valence-electron chi connectivity index (χ1n) is 22.2. The number of aliphatic hydroxyl groups excluding tert-OH is 1. The number of allylic oxidation sites excluding steroid dienone is 3. The van der Waals surface area contributed by atoms with Gasteiger partial charge >= 0.3 is 0 Å². The monoisotopic (exact) mass is 771 g/mol. The number of carbonyl (C=O) groups is 1. The molecule has 0 saturated carbocycles. The fraction of sp³-hybridized carbons (Fsp3) is 0.886. The van der Waals surface area contributed by atoms with E-state index in [0.29, 0.717) is 17.4 Å². The fourth-order valence-electron chi connectivity index (χ4n) is 6.34. The topological polar surface area (TPSA) is 108 Å². The highest BCUT2D eigenvalue weighted by molar-refractivity contribution is 7.45. The Morgan fingerprint density at radius 1 is 0.642 bits per heavy atom. The number of hydrogen-bond donors (Lipinski definition) is 2. The first kappa shape index (κ1) is 52.0. The van der Waals surface area contributed by atoms with E-state index in [-0.39, 0.29) is 19.1 Å². The highest BCUT2D eigenvalue weighted by Gasteiger charge is 2.23. The van der Waals surface area contributed by atoms with E-state index >= 15 is 0 Å². The van der Waals surface area contributed by atoms with Gasteiger partial charge in [0.15, 0.2) is 0 Å². The van der Waals surface area contributed by atoms with Crippen LogP contribution < -0.4 is 10.2 Å². The third-order valence-corrected chi connectivity index (χ3v) is 10.9. The van der Waals surface area contributed by atoms with Crippen LogP contribution >= 0.6 is 7.82 Å². The maximum Gasteiger partial charge on any atom is 0.268 e. The van der Waals surface area contributed by atoms with Crippen molar-refractivity contribution in [3.63, 3.8) is 0 Å². The quantitative estimate of drug-likeness (QED) is 0.0278. The number of quaternary nitrogens is 1. The lowest BCUT2D eigenvalue weighted by Gasteiger charge is -2.29. The largest absolute Gasteiger partial charge is 0.756 e. The van der Waals surface area contributed by atoms with E-state index in [9.17, 15) is 19.4 Å². The summed E-state index contributed by atoms with van der Waals surface area (Å²) in [7, 11) is 1.25. The highest BCUT2D eigenvalue weighted by atomic mass is 31.2. The average molecular weight is 771 g/mol. The van der Waals surface area contributed by atoms with Crippen LogP contribution in [0.25, 0.3) is 0 Å². The molecular weight excluding hydrogens is 683 g/mol. The first-order valence-corrected chi connectivity index (χ1v) is 23.7. The van der Waals surface area contributed by atoms with Crippen LogP contribution in [0.4, 0.5) is 0 Å². The van der Waals surface area contributed by atoms with Gasteiger partial charge in [-0.05, 0) is 32.1 Å². The van der Waals surface area contributed by atoms with Gasteiger partial charge in [0.1, 0.15) is 13.2 Å². The number of nitrogens with zero attached hydrogens (tertiary/aromatic N) is 1. The van der Waals surface area contributed by atoms with Gasteiger partial charge in [-0.25, -0.2) is 0 Å². The molecule has 9 heteroatoms. The van der Waals surface area contributed by atoms with Crippen molar-refractivity contribution in [3.8, 4) is 0 Å². The van der Waals surface area contributed by atoms with Gasteiger partial charge < -0.3 is 28.8 Å². The Balaban J connectivity index is 4.27. The third kappa shape index (κ3) is 39.0. The Labute approximate surface area is 328 Å². The zero-order valence-corrected chi connectivity index (χ0v) is 36.4. The molecule has 0 bridgehead atoms. The van der Waals surface area contributed by atoms with E-state index in [0.717, 1.165) is 38.5 Å². The lowest BCUT2D eigenvalue weighted by Crippen LogP contribution is -2.45. The van der Waals surface area contributed by atoms with Crippen LogP contribution in [0.3, 0.4) is 0 Å². The minimum atomic E-state index is -4.59. The number of hydrogen-bond acceptors (Lipinski definition) is 6. The molecule has 53 heavy (non-hydrogen) atoms. The van der Waals surface area contributed by atoms with Crippen LogP contribution in [0.1, 0.15) is 200 Å². The van der Waals surface area contributed by atoms with Crippen molar-refractivity contribution < 1.29 is 32.9 Å². The summed E-state index contributed by atoms with van der Waals surface area (Å²) < 4.78 is 23.1. The molecule has 0 rings (SSSR count). The molecule has 0 aliphatic heterocycles. The van der Waals surface area contributed by atoms with Crippen LogP contribution in [0.5, 0.6) is 0 Å². The molecule has 1 amide bonds. The summed E-state index contributed by atoms with van der Waals surface area (Å²) in [5.41, 5.74) is 0. The van der Waals surface area contributed by atoms with Gasteiger partial charge in [-0.15, -0.1) is 0 Å². The Morgan fingerprint density at radius 3 is 1.53 bits per heavy atom. The second-order valence-corrected chi connectivity index (χ2v) is 17.8. The lowest BCUT2D eigenvalue weighted by atomic mass is 10.0. The predicted octanol–water partition coefficient (Wildman–Crippen LogP) is 11.5. The predicted molar refractivity (Wildman–Crippen MR) is 224 cm³/mol. The van der Waals surface area contributed by atoms with Gasteiger partial charge in [-0.3, -0.25) is 9.36 Å². The second-order valence-electron chi connectivity index (χ2n) is 16.4. The van der Waals surface area contributed by atoms with Crippen LogP contribution in [0.2, 0.25) is 0 Å². The molecule has 314 valence electrons. The summed E-state index contributed by atoms with van der Waals surface area (Å²) in [5.74, 6) is -0.207. The van der Waals surface area contributed by atoms with Crippen molar-refractivity contribution >= 4 is 13.7 Å². The van der Waals surface area contributed by atoms with E-state index in [1.807, 2.05) is 27.2 Å². The molecule has 0 spiro atoms. The number of phosphoric ester groups is 1. The Bertz CT molecular complexity index is 922. The normalized spacial score (nSPS) is 14.6. The van der Waals surface area contributed by atoms with E-state index in [1.165, 1.54) is 141 Å². The number of nitrogens with one attached hydrogen (secondary N) is 1. The van der Waals surface area contributed by atoms with Crippen molar-refractivity contribution in [1.29, 1.82) is 0 Å². The minimum absolute atomic E-state index is 0.00461. The van der Waals surface area contributed by atoms with Gasteiger partial charge in [0.2, 0.25) is 5.91 Å².